The van der Waals surface area contributed by atoms with Crippen LogP contribution in [0.25, 0.3) is 0 Å². The van der Waals surface area contributed by atoms with E-state index in [1.54, 1.807) is 0 Å². The number of hydrogen-bond donors (Lipinski definition) is 3. The van der Waals surface area contributed by atoms with Crippen LogP contribution in [-0.4, -0.2) is 23.5 Å². The molecule has 2 bridgehead atoms. The molecule has 5 nitrogen and oxygen atoms in total. The Kier molecular flexibility index (Phi) is 2.49. The Hall–Kier alpha value is -1.26. The molecule has 0 radical (unpaired) electrons. The SMILES string of the molecule is NC(CCNC(=O)C1C2C3CCC(C3)C12)=NO. The van der Waals surface area contributed by atoms with E-state index in [0.29, 0.717) is 24.8 Å². The Morgan fingerprint density at radius 3 is 2.59 bits per heavy atom. The summed E-state index contributed by atoms with van der Waals surface area (Å²) in [7, 11) is 0. The molecule has 3 aliphatic carbocycles. The van der Waals surface area contributed by atoms with Gasteiger partial charge in [0, 0.05) is 18.9 Å². The lowest BCUT2D eigenvalue weighted by Crippen LogP contribution is -2.30. The van der Waals surface area contributed by atoms with Gasteiger partial charge in [-0.15, -0.1) is 0 Å². The van der Waals surface area contributed by atoms with Gasteiger partial charge in [0.1, 0.15) is 5.84 Å². The normalized spacial score (nSPS) is 42.4. The number of amides is 1. The number of oxime groups is 1. The molecule has 0 aromatic rings. The van der Waals surface area contributed by atoms with E-state index in [1.165, 1.54) is 19.3 Å². The molecule has 0 heterocycles. The number of hydrogen-bond acceptors (Lipinski definition) is 3. The van der Waals surface area contributed by atoms with Gasteiger partial charge >= 0.3 is 0 Å². The van der Waals surface area contributed by atoms with Gasteiger partial charge in [0.15, 0.2) is 0 Å². The van der Waals surface area contributed by atoms with E-state index in [0.717, 1.165) is 11.8 Å². The highest BCUT2D eigenvalue weighted by molar-refractivity contribution is 5.84. The van der Waals surface area contributed by atoms with Crippen molar-refractivity contribution < 1.29 is 10.0 Å². The van der Waals surface area contributed by atoms with Crippen molar-refractivity contribution in [2.45, 2.75) is 25.7 Å². The monoisotopic (exact) mass is 237 g/mol. The first-order valence-electron chi connectivity index (χ1n) is 6.46. The highest BCUT2D eigenvalue weighted by atomic mass is 16.4. The molecule has 0 aromatic heterocycles. The predicted molar refractivity (Wildman–Crippen MR) is 62.3 cm³/mol. The van der Waals surface area contributed by atoms with Crippen LogP contribution in [0.3, 0.4) is 0 Å². The van der Waals surface area contributed by atoms with Crippen molar-refractivity contribution in [2.24, 2.45) is 40.5 Å². The first kappa shape index (κ1) is 10.9. The minimum atomic E-state index is 0.168. The van der Waals surface area contributed by atoms with Crippen LogP contribution in [0.2, 0.25) is 0 Å². The van der Waals surface area contributed by atoms with Crippen LogP contribution in [0.4, 0.5) is 0 Å². The molecular formula is C12H19N3O2. The van der Waals surface area contributed by atoms with Gasteiger partial charge in [0.2, 0.25) is 5.91 Å². The second kappa shape index (κ2) is 3.89. The van der Waals surface area contributed by atoms with Gasteiger partial charge < -0.3 is 16.3 Å². The highest BCUT2D eigenvalue weighted by Gasteiger charge is 2.67. The van der Waals surface area contributed by atoms with Crippen molar-refractivity contribution in [3.63, 3.8) is 0 Å². The van der Waals surface area contributed by atoms with Gasteiger partial charge in [0.05, 0.1) is 0 Å². The van der Waals surface area contributed by atoms with Crippen LogP contribution in [-0.2, 0) is 4.79 Å². The Labute approximate surface area is 100 Å². The lowest BCUT2D eigenvalue weighted by atomic mass is 10.0. The van der Waals surface area contributed by atoms with Crippen LogP contribution in [0.5, 0.6) is 0 Å². The Morgan fingerprint density at radius 1 is 1.35 bits per heavy atom. The minimum Gasteiger partial charge on any atom is -0.409 e. The third-order valence-electron chi connectivity index (χ3n) is 4.85. The smallest absolute Gasteiger partial charge is 0.223 e. The fourth-order valence-corrected chi connectivity index (χ4v) is 4.16. The van der Waals surface area contributed by atoms with Gasteiger partial charge in [-0.3, -0.25) is 4.79 Å². The number of nitrogens with one attached hydrogen (secondary N) is 1. The molecule has 0 spiro atoms. The van der Waals surface area contributed by atoms with E-state index in [1.807, 2.05) is 0 Å². The summed E-state index contributed by atoms with van der Waals surface area (Å²) in [6.45, 7) is 0.472. The van der Waals surface area contributed by atoms with E-state index in [4.69, 9.17) is 10.9 Å². The fourth-order valence-electron chi connectivity index (χ4n) is 4.16. The number of carbonyl (C=O) groups is 1. The summed E-state index contributed by atoms with van der Waals surface area (Å²) < 4.78 is 0. The Morgan fingerprint density at radius 2 is 2.00 bits per heavy atom. The highest BCUT2D eigenvalue weighted by Crippen LogP contribution is 2.69. The molecule has 4 atom stereocenters. The lowest BCUT2D eigenvalue weighted by Gasteiger charge is -2.09. The standard InChI is InChI=1S/C12H19N3O2/c13-8(15-17)3-4-14-12(16)11-9-6-1-2-7(5-6)10(9)11/h6-7,9-11,17H,1-5H2,(H2,13,15)(H,14,16). The molecule has 0 aliphatic heterocycles. The number of amidine groups is 1. The van der Waals surface area contributed by atoms with Crippen LogP contribution >= 0.6 is 0 Å². The molecule has 5 heteroatoms. The number of fused-ring (bicyclic) bond motifs is 5. The molecule has 1 amide bonds. The largest absolute Gasteiger partial charge is 0.409 e. The van der Waals surface area contributed by atoms with Crippen molar-refractivity contribution in [1.82, 2.24) is 5.32 Å². The zero-order valence-electron chi connectivity index (χ0n) is 9.80. The van der Waals surface area contributed by atoms with Gasteiger partial charge in [-0.2, -0.15) is 0 Å². The summed E-state index contributed by atoms with van der Waals surface area (Å²) in [6, 6.07) is 0. The zero-order valence-corrected chi connectivity index (χ0v) is 9.80. The number of carbonyl (C=O) groups excluding carboxylic acids is 1. The quantitative estimate of drug-likeness (QED) is 0.288. The topological polar surface area (TPSA) is 87.7 Å². The van der Waals surface area contributed by atoms with Crippen molar-refractivity contribution in [2.75, 3.05) is 6.54 Å². The van der Waals surface area contributed by atoms with Crippen molar-refractivity contribution in [3.8, 4) is 0 Å². The second-order valence-corrected chi connectivity index (χ2v) is 5.65. The van der Waals surface area contributed by atoms with E-state index in [9.17, 15) is 4.79 Å². The van der Waals surface area contributed by atoms with E-state index in [2.05, 4.69) is 10.5 Å². The molecule has 0 aromatic carbocycles. The maximum atomic E-state index is 12.0. The van der Waals surface area contributed by atoms with Gasteiger partial charge in [-0.25, -0.2) is 0 Å². The Balaban J connectivity index is 1.46. The first-order valence-corrected chi connectivity index (χ1v) is 6.46. The first-order chi connectivity index (χ1) is 8.22. The number of nitrogens with zero attached hydrogens (tertiary/aromatic N) is 1. The zero-order chi connectivity index (χ0) is 12.0. The molecule has 3 saturated carbocycles. The number of nitrogens with two attached hydrogens (primary N) is 1. The molecule has 3 rings (SSSR count). The minimum absolute atomic E-state index is 0.168. The average molecular weight is 237 g/mol. The van der Waals surface area contributed by atoms with Crippen LogP contribution < -0.4 is 11.1 Å². The number of rotatable bonds is 4. The molecule has 3 aliphatic rings. The molecule has 4 N–H and O–H groups in total. The predicted octanol–water partition coefficient (Wildman–Crippen LogP) is 0.531. The summed E-state index contributed by atoms with van der Waals surface area (Å²) in [5.74, 6) is 3.63. The van der Waals surface area contributed by atoms with Gasteiger partial charge in [0.25, 0.3) is 0 Å². The van der Waals surface area contributed by atoms with E-state index in [-0.39, 0.29) is 17.7 Å². The van der Waals surface area contributed by atoms with E-state index < -0.39 is 0 Å². The van der Waals surface area contributed by atoms with Crippen molar-refractivity contribution in [1.29, 1.82) is 0 Å². The van der Waals surface area contributed by atoms with Crippen molar-refractivity contribution >= 4 is 11.7 Å². The summed E-state index contributed by atoms with van der Waals surface area (Å²) in [4.78, 5) is 12.0. The molecule has 4 unspecified atom stereocenters. The van der Waals surface area contributed by atoms with Crippen LogP contribution in [0, 0.1) is 29.6 Å². The molecular weight excluding hydrogens is 218 g/mol. The third kappa shape index (κ3) is 1.68. The maximum absolute atomic E-state index is 12.0. The van der Waals surface area contributed by atoms with Crippen molar-refractivity contribution in [3.05, 3.63) is 0 Å². The van der Waals surface area contributed by atoms with Gasteiger partial charge in [-0.05, 0) is 42.9 Å². The van der Waals surface area contributed by atoms with Gasteiger partial charge in [-0.1, -0.05) is 5.16 Å². The summed E-state index contributed by atoms with van der Waals surface area (Å²) in [5.41, 5.74) is 5.35. The van der Waals surface area contributed by atoms with Crippen LogP contribution in [0.15, 0.2) is 5.16 Å². The summed E-state index contributed by atoms with van der Waals surface area (Å²) in [5, 5.41) is 14.2. The third-order valence-corrected chi connectivity index (χ3v) is 4.85. The second-order valence-electron chi connectivity index (χ2n) is 5.65. The summed E-state index contributed by atoms with van der Waals surface area (Å²) >= 11 is 0. The molecule has 17 heavy (non-hydrogen) atoms. The summed E-state index contributed by atoms with van der Waals surface area (Å²) in [6.07, 6.45) is 4.44. The molecule has 3 fully saturated rings. The van der Waals surface area contributed by atoms with E-state index >= 15 is 0 Å². The fraction of sp³-hybridized carbons (Fsp3) is 0.833. The Bertz CT molecular complexity index is 353. The molecule has 0 saturated heterocycles. The van der Waals surface area contributed by atoms with Crippen LogP contribution in [0.1, 0.15) is 25.7 Å². The lowest BCUT2D eigenvalue weighted by molar-refractivity contribution is -0.123. The average Bonchev–Trinajstić information content (AvgIpc) is 2.78. The maximum Gasteiger partial charge on any atom is 0.223 e. The molecule has 94 valence electrons.